The van der Waals surface area contributed by atoms with Crippen molar-refractivity contribution in [1.29, 1.82) is 0 Å². The third-order valence-electron chi connectivity index (χ3n) is 4.11. The minimum absolute atomic E-state index is 0.0461. The summed E-state index contributed by atoms with van der Waals surface area (Å²) in [7, 11) is 0. The van der Waals surface area contributed by atoms with Crippen LogP contribution >= 0.6 is 0 Å². The van der Waals surface area contributed by atoms with Gasteiger partial charge in [0.05, 0.1) is 12.1 Å². The Morgan fingerprint density at radius 2 is 1.85 bits per heavy atom. The average molecular weight is 373 g/mol. The number of rotatable bonds is 6. The molecule has 9 heteroatoms. The first-order chi connectivity index (χ1) is 12.8. The molecule has 2 aromatic rings. The predicted molar refractivity (Wildman–Crippen MR) is 102 cm³/mol. The van der Waals surface area contributed by atoms with Gasteiger partial charge in [0, 0.05) is 30.5 Å². The summed E-state index contributed by atoms with van der Waals surface area (Å²) in [6.45, 7) is 6.84. The summed E-state index contributed by atoms with van der Waals surface area (Å²) in [6.07, 6.45) is 1.25. The van der Waals surface area contributed by atoms with E-state index in [9.17, 15) is 19.2 Å². The largest absolute Gasteiger partial charge is 0.339 e. The van der Waals surface area contributed by atoms with E-state index in [4.69, 9.17) is 0 Å². The molecule has 1 aromatic carbocycles. The fourth-order valence-corrected chi connectivity index (χ4v) is 2.54. The van der Waals surface area contributed by atoms with Crippen LogP contribution in [0.1, 0.15) is 35.3 Å². The van der Waals surface area contributed by atoms with Gasteiger partial charge >= 0.3 is 11.7 Å². The zero-order chi connectivity index (χ0) is 20.0. The van der Waals surface area contributed by atoms with Crippen LogP contribution in [-0.4, -0.2) is 39.9 Å². The highest BCUT2D eigenvalue weighted by atomic mass is 16.2. The normalized spacial score (nSPS) is 10.3. The Morgan fingerprint density at radius 3 is 2.44 bits per heavy atom. The van der Waals surface area contributed by atoms with Crippen molar-refractivity contribution in [2.75, 3.05) is 18.4 Å². The first kappa shape index (κ1) is 20.0. The van der Waals surface area contributed by atoms with Gasteiger partial charge in [-0.15, -0.1) is 0 Å². The molecule has 0 atom stereocenters. The maximum absolute atomic E-state index is 12.4. The smallest absolute Gasteiger partial charge is 0.325 e. The second-order valence-corrected chi connectivity index (χ2v) is 5.91. The van der Waals surface area contributed by atoms with Gasteiger partial charge in [-0.3, -0.25) is 14.6 Å². The molecule has 0 radical (unpaired) electrons. The van der Waals surface area contributed by atoms with Gasteiger partial charge in [-0.1, -0.05) is 0 Å². The van der Waals surface area contributed by atoms with Crippen LogP contribution < -0.4 is 21.9 Å². The molecule has 27 heavy (non-hydrogen) atoms. The molecule has 0 fully saturated rings. The number of H-pyrrole nitrogens is 2. The minimum atomic E-state index is -0.608. The molecule has 0 aliphatic rings. The van der Waals surface area contributed by atoms with E-state index in [0.717, 1.165) is 5.56 Å². The lowest BCUT2D eigenvalue weighted by molar-refractivity contribution is 0.0773. The number of hydrogen-bond donors (Lipinski definition) is 4. The summed E-state index contributed by atoms with van der Waals surface area (Å²) in [4.78, 5) is 53.1. The van der Waals surface area contributed by atoms with Crippen LogP contribution in [0.3, 0.4) is 0 Å². The molecule has 0 bridgehead atoms. The molecular formula is C18H23N5O4. The number of aromatic amines is 2. The van der Waals surface area contributed by atoms with Crippen molar-refractivity contribution in [1.82, 2.24) is 20.2 Å². The van der Waals surface area contributed by atoms with E-state index >= 15 is 0 Å². The number of nitrogens with one attached hydrogen (secondary N) is 4. The first-order valence-corrected chi connectivity index (χ1v) is 8.61. The number of aromatic nitrogens is 2. The van der Waals surface area contributed by atoms with Crippen molar-refractivity contribution in [3.8, 4) is 0 Å². The summed E-state index contributed by atoms with van der Waals surface area (Å²) in [5.74, 6) is -0.0589. The Kier molecular flexibility index (Phi) is 6.53. The van der Waals surface area contributed by atoms with E-state index in [1.165, 1.54) is 6.20 Å². The molecule has 0 spiro atoms. The Labute approximate surface area is 155 Å². The van der Waals surface area contributed by atoms with E-state index in [2.05, 4.69) is 20.6 Å². The number of hydrogen-bond acceptors (Lipinski definition) is 4. The van der Waals surface area contributed by atoms with Gasteiger partial charge in [-0.2, -0.15) is 0 Å². The Balaban J connectivity index is 2.02. The lowest BCUT2D eigenvalue weighted by Crippen LogP contribution is -2.33. The standard InChI is InChI=1S/C18H23N5O4/c1-4-23(5-2)16(25)12-6-7-14(11(3)8-12)21-17(26)19-9-13-10-20-18(27)22-15(13)24/h6-8,10H,4-5,9H2,1-3H3,(H2,19,21,26)(H2,20,22,24,27). The fraction of sp³-hybridized carbons (Fsp3) is 0.333. The molecule has 1 aromatic heterocycles. The minimum Gasteiger partial charge on any atom is -0.339 e. The Hall–Kier alpha value is -3.36. The summed E-state index contributed by atoms with van der Waals surface area (Å²) in [5, 5.41) is 5.22. The van der Waals surface area contributed by atoms with Crippen LogP contribution in [0.25, 0.3) is 0 Å². The number of carbonyl (C=O) groups excluding carboxylic acids is 2. The molecule has 0 saturated carbocycles. The van der Waals surface area contributed by atoms with E-state index in [0.29, 0.717) is 24.3 Å². The summed E-state index contributed by atoms with van der Waals surface area (Å²) in [5.41, 5.74) is 0.908. The Morgan fingerprint density at radius 1 is 1.15 bits per heavy atom. The number of urea groups is 1. The van der Waals surface area contributed by atoms with Crippen molar-refractivity contribution in [2.24, 2.45) is 0 Å². The van der Waals surface area contributed by atoms with Gasteiger partial charge < -0.3 is 20.5 Å². The van der Waals surface area contributed by atoms with Gasteiger partial charge in [-0.25, -0.2) is 9.59 Å². The SMILES string of the molecule is CCN(CC)C(=O)c1ccc(NC(=O)NCc2c[nH]c(=O)[nH]c2=O)c(C)c1. The van der Waals surface area contributed by atoms with Crippen LogP contribution in [0.2, 0.25) is 0 Å². The molecule has 0 aliphatic heterocycles. The lowest BCUT2D eigenvalue weighted by Gasteiger charge is -2.19. The fourth-order valence-electron chi connectivity index (χ4n) is 2.54. The number of nitrogens with zero attached hydrogens (tertiary/aromatic N) is 1. The van der Waals surface area contributed by atoms with Gasteiger partial charge in [-0.05, 0) is 44.5 Å². The molecule has 0 unspecified atom stereocenters. The number of aryl methyl sites for hydroxylation is 1. The van der Waals surface area contributed by atoms with E-state index in [1.54, 1.807) is 30.0 Å². The summed E-state index contributed by atoms with van der Waals surface area (Å²) < 4.78 is 0. The molecular weight excluding hydrogens is 350 g/mol. The van der Waals surface area contributed by atoms with Crippen LogP contribution in [0.15, 0.2) is 34.0 Å². The summed E-state index contributed by atoms with van der Waals surface area (Å²) >= 11 is 0. The van der Waals surface area contributed by atoms with Gasteiger partial charge in [0.1, 0.15) is 0 Å². The summed E-state index contributed by atoms with van der Waals surface area (Å²) in [6, 6.07) is 4.54. The van der Waals surface area contributed by atoms with Crippen LogP contribution in [0.4, 0.5) is 10.5 Å². The Bertz CT molecular complexity index is 943. The molecule has 0 aliphatic carbocycles. The number of anilines is 1. The van der Waals surface area contributed by atoms with Crippen molar-refractivity contribution < 1.29 is 9.59 Å². The number of benzene rings is 1. The number of carbonyl (C=O) groups is 2. The van der Waals surface area contributed by atoms with Crippen LogP contribution in [0, 0.1) is 6.92 Å². The zero-order valence-electron chi connectivity index (χ0n) is 15.5. The number of amides is 3. The van der Waals surface area contributed by atoms with E-state index in [1.807, 2.05) is 13.8 Å². The second-order valence-electron chi connectivity index (χ2n) is 5.91. The van der Waals surface area contributed by atoms with Crippen LogP contribution in [0.5, 0.6) is 0 Å². The molecule has 9 nitrogen and oxygen atoms in total. The van der Waals surface area contributed by atoms with Crippen molar-refractivity contribution >= 4 is 17.6 Å². The lowest BCUT2D eigenvalue weighted by atomic mass is 10.1. The highest BCUT2D eigenvalue weighted by Crippen LogP contribution is 2.17. The second kappa shape index (κ2) is 8.84. The van der Waals surface area contributed by atoms with Gasteiger partial charge in [0.2, 0.25) is 0 Å². The maximum atomic E-state index is 12.4. The van der Waals surface area contributed by atoms with Gasteiger partial charge in [0.25, 0.3) is 11.5 Å². The van der Waals surface area contributed by atoms with Crippen molar-refractivity contribution in [3.05, 3.63) is 61.9 Å². The molecule has 1 heterocycles. The maximum Gasteiger partial charge on any atom is 0.325 e. The average Bonchev–Trinajstić information content (AvgIpc) is 2.63. The first-order valence-electron chi connectivity index (χ1n) is 8.61. The third kappa shape index (κ3) is 5.06. The molecule has 2 rings (SSSR count). The molecule has 3 amide bonds. The quantitative estimate of drug-likeness (QED) is 0.606. The monoisotopic (exact) mass is 373 g/mol. The zero-order valence-corrected chi connectivity index (χ0v) is 15.5. The highest BCUT2D eigenvalue weighted by molar-refractivity contribution is 5.96. The van der Waals surface area contributed by atoms with E-state index < -0.39 is 17.3 Å². The van der Waals surface area contributed by atoms with Crippen LogP contribution in [-0.2, 0) is 6.54 Å². The highest BCUT2D eigenvalue weighted by Gasteiger charge is 2.14. The molecule has 144 valence electrons. The third-order valence-corrected chi connectivity index (χ3v) is 4.11. The topological polar surface area (TPSA) is 127 Å². The predicted octanol–water partition coefficient (Wildman–Crippen LogP) is 1.18. The van der Waals surface area contributed by atoms with E-state index in [-0.39, 0.29) is 18.0 Å². The van der Waals surface area contributed by atoms with Gasteiger partial charge in [0.15, 0.2) is 0 Å². The van der Waals surface area contributed by atoms with Crippen molar-refractivity contribution in [2.45, 2.75) is 27.3 Å². The van der Waals surface area contributed by atoms with Crippen molar-refractivity contribution in [3.63, 3.8) is 0 Å². The molecule has 4 N–H and O–H groups in total. The molecule has 0 saturated heterocycles.